The van der Waals surface area contributed by atoms with Crippen molar-refractivity contribution in [3.05, 3.63) is 47.7 Å². The van der Waals surface area contributed by atoms with Crippen molar-refractivity contribution in [1.29, 1.82) is 0 Å². The molecule has 5 heteroatoms. The molecule has 98 valence electrons. The number of ether oxygens (including phenoxy) is 1. The molecule has 3 rings (SSSR count). The van der Waals surface area contributed by atoms with Crippen LogP contribution in [0, 0.1) is 0 Å². The van der Waals surface area contributed by atoms with Gasteiger partial charge in [0.1, 0.15) is 11.9 Å². The van der Waals surface area contributed by atoms with Crippen LogP contribution in [-0.2, 0) is 6.42 Å². The van der Waals surface area contributed by atoms with Crippen LogP contribution in [-0.4, -0.2) is 22.9 Å². The minimum atomic E-state index is -1.05. The largest absolute Gasteiger partial charge is 0.489 e. The average Bonchev–Trinajstić information content (AvgIpc) is 3.02. The summed E-state index contributed by atoms with van der Waals surface area (Å²) >= 11 is 1.47. The lowest BCUT2D eigenvalue weighted by atomic mass is 10.1. The van der Waals surface area contributed by atoms with Gasteiger partial charge in [0.25, 0.3) is 0 Å². The van der Waals surface area contributed by atoms with Gasteiger partial charge in [-0.2, -0.15) is 0 Å². The normalized spacial score (nSPS) is 16.9. The Hall–Kier alpha value is -1.88. The van der Waals surface area contributed by atoms with Crippen molar-refractivity contribution in [1.82, 2.24) is 0 Å². The van der Waals surface area contributed by atoms with Crippen molar-refractivity contribution in [2.45, 2.75) is 17.6 Å². The molecule has 4 nitrogen and oxygen atoms in total. The van der Waals surface area contributed by atoms with Gasteiger partial charge in [0.05, 0.1) is 0 Å². The number of fused-ring (bicyclic) bond motifs is 1. The van der Waals surface area contributed by atoms with Crippen molar-refractivity contribution in [2.75, 3.05) is 5.75 Å². The van der Waals surface area contributed by atoms with Gasteiger partial charge in [-0.1, -0.05) is 30.0 Å². The number of para-hydroxylation sites is 1. The van der Waals surface area contributed by atoms with E-state index in [4.69, 9.17) is 14.3 Å². The molecule has 19 heavy (non-hydrogen) atoms. The molecule has 0 spiro atoms. The number of benzene rings is 1. The van der Waals surface area contributed by atoms with Gasteiger partial charge in [-0.15, -0.1) is 0 Å². The maximum absolute atomic E-state index is 10.7. The third-order valence-corrected chi connectivity index (χ3v) is 3.96. The van der Waals surface area contributed by atoms with Crippen molar-refractivity contribution in [3.63, 3.8) is 0 Å². The fraction of sp³-hybridized carbons (Fsp3) is 0.214. The molecule has 0 bridgehead atoms. The molecular formula is C14H12O4S. The number of hydrogen-bond acceptors (Lipinski definition) is 4. The van der Waals surface area contributed by atoms with Gasteiger partial charge in [0.15, 0.2) is 5.09 Å². The van der Waals surface area contributed by atoms with Crippen LogP contribution >= 0.6 is 11.8 Å². The Balaban J connectivity index is 1.58. The zero-order valence-electron chi connectivity index (χ0n) is 10.0. The summed E-state index contributed by atoms with van der Waals surface area (Å²) in [6.07, 6.45) is 0.996. The van der Waals surface area contributed by atoms with Crippen LogP contribution in [0.4, 0.5) is 0 Å². The first kappa shape index (κ1) is 12.2. The average molecular weight is 276 g/mol. The molecule has 1 unspecified atom stereocenters. The molecule has 0 saturated carbocycles. The predicted octanol–water partition coefficient (Wildman–Crippen LogP) is 3.07. The van der Waals surface area contributed by atoms with Crippen LogP contribution in [0.1, 0.15) is 16.1 Å². The van der Waals surface area contributed by atoms with Crippen LogP contribution in [0.5, 0.6) is 5.75 Å². The lowest BCUT2D eigenvalue weighted by molar-refractivity contribution is 0.0656. The number of carboxylic acids is 1. The maximum atomic E-state index is 10.7. The third kappa shape index (κ3) is 2.61. The topological polar surface area (TPSA) is 59.7 Å². The molecule has 1 atom stereocenters. The molecule has 2 heterocycles. The summed E-state index contributed by atoms with van der Waals surface area (Å²) in [4.78, 5) is 10.7. The van der Waals surface area contributed by atoms with Gasteiger partial charge in [-0.05, 0) is 23.8 Å². The first-order valence-electron chi connectivity index (χ1n) is 5.93. The van der Waals surface area contributed by atoms with Crippen molar-refractivity contribution < 1.29 is 19.1 Å². The Morgan fingerprint density at radius 1 is 1.32 bits per heavy atom. The molecule has 0 amide bonds. The molecule has 2 aromatic rings. The maximum Gasteiger partial charge on any atom is 0.371 e. The van der Waals surface area contributed by atoms with Crippen LogP contribution in [0.15, 0.2) is 45.9 Å². The van der Waals surface area contributed by atoms with Gasteiger partial charge in [0.2, 0.25) is 5.76 Å². The Kier molecular flexibility index (Phi) is 3.21. The fourth-order valence-electron chi connectivity index (χ4n) is 2.03. The lowest BCUT2D eigenvalue weighted by Gasteiger charge is -2.08. The molecule has 1 aromatic carbocycles. The summed E-state index contributed by atoms with van der Waals surface area (Å²) in [6, 6.07) is 11.1. The number of rotatable bonds is 4. The molecule has 1 aliphatic rings. The SMILES string of the molecule is O=C(O)c1ccc(SCC2Cc3ccccc3O2)o1. The van der Waals surface area contributed by atoms with Gasteiger partial charge in [-0.3, -0.25) is 0 Å². The Morgan fingerprint density at radius 3 is 2.89 bits per heavy atom. The van der Waals surface area contributed by atoms with E-state index in [0.717, 1.165) is 17.9 Å². The van der Waals surface area contributed by atoms with Crippen LogP contribution in [0.25, 0.3) is 0 Å². The van der Waals surface area contributed by atoms with Gasteiger partial charge in [-0.25, -0.2) is 4.79 Å². The zero-order chi connectivity index (χ0) is 13.2. The van der Waals surface area contributed by atoms with E-state index < -0.39 is 5.97 Å². The number of furan rings is 1. The van der Waals surface area contributed by atoms with E-state index in [-0.39, 0.29) is 11.9 Å². The summed E-state index contributed by atoms with van der Waals surface area (Å²) < 4.78 is 11.0. The van der Waals surface area contributed by atoms with Crippen LogP contribution in [0.2, 0.25) is 0 Å². The van der Waals surface area contributed by atoms with Gasteiger partial charge >= 0.3 is 5.97 Å². The lowest BCUT2D eigenvalue weighted by Crippen LogP contribution is -2.15. The van der Waals surface area contributed by atoms with Gasteiger partial charge in [0, 0.05) is 12.2 Å². The first-order chi connectivity index (χ1) is 9.22. The van der Waals surface area contributed by atoms with E-state index in [1.807, 2.05) is 18.2 Å². The highest BCUT2D eigenvalue weighted by atomic mass is 32.2. The quantitative estimate of drug-likeness (QED) is 0.870. The van der Waals surface area contributed by atoms with Gasteiger partial charge < -0.3 is 14.3 Å². The Labute approximate surface area is 114 Å². The minimum absolute atomic E-state index is 0.0295. The Morgan fingerprint density at radius 2 is 2.16 bits per heavy atom. The Bertz CT molecular complexity index is 580. The first-order valence-corrected chi connectivity index (χ1v) is 6.91. The molecule has 0 saturated heterocycles. The molecule has 1 aromatic heterocycles. The summed E-state index contributed by atoms with van der Waals surface area (Å²) in [5.74, 6) is 0.606. The summed E-state index contributed by atoms with van der Waals surface area (Å²) in [5, 5.41) is 9.38. The summed E-state index contributed by atoms with van der Waals surface area (Å²) in [7, 11) is 0. The predicted molar refractivity (Wildman–Crippen MR) is 71.0 cm³/mol. The summed E-state index contributed by atoms with van der Waals surface area (Å²) in [6.45, 7) is 0. The standard InChI is InChI=1S/C14H12O4S/c15-14(16)12-5-6-13(18-12)19-8-10-7-9-3-1-2-4-11(9)17-10/h1-6,10H,7-8H2,(H,15,16). The van der Waals surface area contributed by atoms with Crippen LogP contribution < -0.4 is 4.74 Å². The summed E-state index contributed by atoms with van der Waals surface area (Å²) in [5.41, 5.74) is 1.22. The second kappa shape index (κ2) is 5.01. The monoisotopic (exact) mass is 276 g/mol. The third-order valence-electron chi connectivity index (χ3n) is 2.92. The molecule has 0 aliphatic carbocycles. The number of aromatic carboxylic acids is 1. The van der Waals surface area contributed by atoms with E-state index in [1.165, 1.54) is 23.4 Å². The van der Waals surface area contributed by atoms with Crippen molar-refractivity contribution in [2.24, 2.45) is 0 Å². The van der Waals surface area contributed by atoms with E-state index in [9.17, 15) is 4.79 Å². The van der Waals surface area contributed by atoms with E-state index in [2.05, 4.69) is 6.07 Å². The number of carboxylic acid groups (broad SMARTS) is 1. The highest BCUT2D eigenvalue weighted by Gasteiger charge is 2.22. The molecule has 0 radical (unpaired) electrons. The van der Waals surface area contributed by atoms with E-state index in [0.29, 0.717) is 5.09 Å². The highest BCUT2D eigenvalue weighted by Crippen LogP contribution is 2.31. The fourth-order valence-corrected chi connectivity index (χ4v) is 2.88. The molecular weight excluding hydrogens is 264 g/mol. The van der Waals surface area contributed by atoms with Crippen molar-refractivity contribution >= 4 is 17.7 Å². The minimum Gasteiger partial charge on any atom is -0.489 e. The number of carbonyl (C=O) groups is 1. The van der Waals surface area contributed by atoms with Crippen molar-refractivity contribution in [3.8, 4) is 5.75 Å². The van der Waals surface area contributed by atoms with Crippen LogP contribution in [0.3, 0.4) is 0 Å². The second-order valence-corrected chi connectivity index (χ2v) is 5.31. The second-order valence-electron chi connectivity index (χ2n) is 4.29. The zero-order valence-corrected chi connectivity index (χ0v) is 10.9. The molecule has 1 N–H and O–H groups in total. The van der Waals surface area contributed by atoms with E-state index in [1.54, 1.807) is 6.07 Å². The highest BCUT2D eigenvalue weighted by molar-refractivity contribution is 7.99. The smallest absolute Gasteiger partial charge is 0.371 e. The molecule has 0 fully saturated rings. The van der Waals surface area contributed by atoms with E-state index >= 15 is 0 Å². The number of hydrogen-bond donors (Lipinski definition) is 1. The number of thioether (sulfide) groups is 1. The molecule has 1 aliphatic heterocycles.